The van der Waals surface area contributed by atoms with E-state index in [0.717, 1.165) is 37.7 Å². The number of pyridine rings is 1. The summed E-state index contributed by atoms with van der Waals surface area (Å²) in [6.07, 6.45) is 8.09. The van der Waals surface area contributed by atoms with Gasteiger partial charge < -0.3 is 14.8 Å². The predicted molar refractivity (Wildman–Crippen MR) is 127 cm³/mol. The fourth-order valence-corrected chi connectivity index (χ4v) is 6.17. The smallest absolute Gasteiger partial charge is 0.259 e. The first-order valence-electron chi connectivity index (χ1n) is 12.0. The molecular formula is C27H33N3O3. The number of carbonyl (C=O) groups is 2. The largest absolute Gasteiger partial charge is 0.349 e. The van der Waals surface area contributed by atoms with E-state index in [4.69, 9.17) is 0 Å². The Morgan fingerprint density at radius 3 is 2.42 bits per heavy atom. The van der Waals surface area contributed by atoms with Gasteiger partial charge in [0.15, 0.2) is 0 Å². The number of hydrogen-bond acceptors (Lipinski definition) is 3. The Hall–Kier alpha value is -2.89. The Morgan fingerprint density at radius 2 is 1.73 bits per heavy atom. The third kappa shape index (κ3) is 4.48. The predicted octanol–water partition coefficient (Wildman–Crippen LogP) is 3.83. The van der Waals surface area contributed by atoms with Crippen LogP contribution < -0.4 is 10.7 Å². The summed E-state index contributed by atoms with van der Waals surface area (Å²) < 4.78 is 1.81. The molecule has 2 aromatic rings. The number of aromatic nitrogens is 1. The lowest BCUT2D eigenvalue weighted by molar-refractivity contribution is 0.0706. The molecule has 0 unspecified atom stereocenters. The Balaban J connectivity index is 1.51. The minimum atomic E-state index is -0.465. The molecule has 6 heteroatoms. The molecule has 1 N–H and O–H groups in total. The fraction of sp³-hybridized carbons (Fsp3) is 0.519. The van der Waals surface area contributed by atoms with Crippen molar-refractivity contribution in [2.24, 2.45) is 10.8 Å². The van der Waals surface area contributed by atoms with E-state index < -0.39 is 5.43 Å². The molecule has 0 radical (unpaired) electrons. The summed E-state index contributed by atoms with van der Waals surface area (Å²) >= 11 is 0. The summed E-state index contributed by atoms with van der Waals surface area (Å²) in [7, 11) is 0. The van der Waals surface area contributed by atoms with Crippen molar-refractivity contribution in [2.45, 2.75) is 71.5 Å². The highest BCUT2D eigenvalue weighted by atomic mass is 16.2. The van der Waals surface area contributed by atoms with Gasteiger partial charge in [0, 0.05) is 37.6 Å². The Morgan fingerprint density at radius 1 is 1.03 bits per heavy atom. The van der Waals surface area contributed by atoms with Gasteiger partial charge in [0.1, 0.15) is 11.1 Å². The maximum atomic E-state index is 13.8. The zero-order valence-corrected chi connectivity index (χ0v) is 19.8. The third-order valence-electron chi connectivity index (χ3n) is 7.35. The van der Waals surface area contributed by atoms with Crippen molar-refractivity contribution >= 4 is 11.8 Å². The number of hydrogen-bond donors (Lipinski definition) is 1. The van der Waals surface area contributed by atoms with Gasteiger partial charge >= 0.3 is 0 Å². The molecule has 2 amide bonds. The summed E-state index contributed by atoms with van der Waals surface area (Å²) in [6.45, 7) is 7.93. The highest BCUT2D eigenvalue weighted by molar-refractivity contribution is 5.99. The van der Waals surface area contributed by atoms with E-state index in [2.05, 4.69) is 26.1 Å². The molecule has 6 nitrogen and oxygen atoms in total. The molecule has 2 bridgehead atoms. The van der Waals surface area contributed by atoms with Crippen LogP contribution in [-0.2, 0) is 6.54 Å². The Bertz CT molecular complexity index is 1150. The Labute approximate surface area is 195 Å². The van der Waals surface area contributed by atoms with Gasteiger partial charge in [-0.25, -0.2) is 0 Å². The van der Waals surface area contributed by atoms with Gasteiger partial charge in [-0.15, -0.1) is 0 Å². The lowest BCUT2D eigenvalue weighted by Crippen LogP contribution is -2.41. The molecule has 3 fully saturated rings. The standard InChI is InChI=1S/C27H33N3O3/c1-26(2)11-20-12-27(3,16-26)17-30(20)25(33)22-15-29(13-18-7-5-4-6-8-18)14-21(23(22)31)24(32)28-19-9-10-19/h4-8,14-15,19-20H,9-13,16-17H2,1-3H3,(H,28,32)/t20-,27-/m1/s1. The van der Waals surface area contributed by atoms with Crippen molar-refractivity contribution in [3.63, 3.8) is 0 Å². The summed E-state index contributed by atoms with van der Waals surface area (Å²) in [5.41, 5.74) is 0.978. The van der Waals surface area contributed by atoms with Crippen molar-refractivity contribution < 1.29 is 9.59 Å². The number of likely N-dealkylation sites (tertiary alicyclic amines) is 1. The summed E-state index contributed by atoms with van der Waals surface area (Å²) in [5.74, 6) is -0.624. The van der Waals surface area contributed by atoms with E-state index >= 15 is 0 Å². The molecule has 5 rings (SSSR count). The summed E-state index contributed by atoms with van der Waals surface area (Å²) in [5, 5.41) is 2.91. The van der Waals surface area contributed by atoms with Crippen LogP contribution in [0.15, 0.2) is 47.5 Å². The van der Waals surface area contributed by atoms with Gasteiger partial charge in [0.2, 0.25) is 5.43 Å². The van der Waals surface area contributed by atoms with Crippen molar-refractivity contribution in [3.05, 3.63) is 69.6 Å². The first-order valence-corrected chi connectivity index (χ1v) is 12.0. The van der Waals surface area contributed by atoms with Gasteiger partial charge in [0.05, 0.1) is 0 Å². The van der Waals surface area contributed by atoms with E-state index in [1.807, 2.05) is 35.2 Å². The van der Waals surface area contributed by atoms with E-state index in [0.29, 0.717) is 13.1 Å². The molecule has 3 aliphatic rings. The monoisotopic (exact) mass is 447 g/mol. The van der Waals surface area contributed by atoms with Gasteiger partial charge in [-0.2, -0.15) is 0 Å². The lowest BCUT2D eigenvalue weighted by Gasteiger charge is -2.39. The second-order valence-electron chi connectivity index (χ2n) is 11.5. The molecule has 2 atom stereocenters. The van der Waals surface area contributed by atoms with Gasteiger partial charge in [0.25, 0.3) is 11.8 Å². The van der Waals surface area contributed by atoms with Crippen LogP contribution in [0.4, 0.5) is 0 Å². The lowest BCUT2D eigenvalue weighted by atomic mass is 9.65. The van der Waals surface area contributed by atoms with E-state index in [1.54, 1.807) is 17.0 Å². The molecule has 1 aliphatic heterocycles. The summed E-state index contributed by atoms with van der Waals surface area (Å²) in [4.78, 5) is 41.9. The molecule has 174 valence electrons. The van der Waals surface area contributed by atoms with Crippen LogP contribution in [0.2, 0.25) is 0 Å². The molecule has 2 saturated carbocycles. The first kappa shape index (κ1) is 21.9. The molecule has 33 heavy (non-hydrogen) atoms. The summed E-state index contributed by atoms with van der Waals surface area (Å²) in [6, 6.07) is 10.1. The molecule has 2 heterocycles. The van der Waals surface area contributed by atoms with Crippen LogP contribution in [0.5, 0.6) is 0 Å². The molecule has 0 spiro atoms. The molecule has 1 aromatic heterocycles. The van der Waals surface area contributed by atoms with Crippen molar-refractivity contribution in [3.8, 4) is 0 Å². The van der Waals surface area contributed by atoms with Crippen LogP contribution in [-0.4, -0.2) is 39.9 Å². The number of nitrogens with one attached hydrogen (secondary N) is 1. The van der Waals surface area contributed by atoms with Gasteiger partial charge in [-0.05, 0) is 48.5 Å². The SMILES string of the molecule is CC1(C)C[C@@H]2C[C@@](C)(CN2C(=O)c2cn(Cc3ccccc3)cc(C(=O)NC3CC3)c2=O)C1. The van der Waals surface area contributed by atoms with Crippen molar-refractivity contribution in [1.82, 2.24) is 14.8 Å². The minimum absolute atomic E-state index is 0.0531. The number of rotatable bonds is 5. The topological polar surface area (TPSA) is 71.4 Å². The van der Waals surface area contributed by atoms with Crippen LogP contribution in [0.25, 0.3) is 0 Å². The van der Waals surface area contributed by atoms with Crippen LogP contribution in [0, 0.1) is 10.8 Å². The van der Waals surface area contributed by atoms with Crippen LogP contribution in [0.1, 0.15) is 79.2 Å². The van der Waals surface area contributed by atoms with E-state index in [-0.39, 0.29) is 45.9 Å². The number of amides is 2. The molecular weight excluding hydrogens is 414 g/mol. The highest BCUT2D eigenvalue weighted by Crippen LogP contribution is 2.52. The molecule has 2 aliphatic carbocycles. The van der Waals surface area contributed by atoms with E-state index in [9.17, 15) is 14.4 Å². The minimum Gasteiger partial charge on any atom is -0.349 e. The maximum Gasteiger partial charge on any atom is 0.259 e. The van der Waals surface area contributed by atoms with E-state index in [1.165, 1.54) is 0 Å². The van der Waals surface area contributed by atoms with Crippen molar-refractivity contribution in [1.29, 1.82) is 0 Å². The third-order valence-corrected chi connectivity index (χ3v) is 7.35. The Kier molecular flexibility index (Phi) is 5.22. The average Bonchev–Trinajstić information content (AvgIpc) is 3.51. The highest BCUT2D eigenvalue weighted by Gasteiger charge is 2.51. The number of carbonyl (C=O) groups excluding carboxylic acids is 2. The van der Waals surface area contributed by atoms with Crippen LogP contribution in [0.3, 0.4) is 0 Å². The quantitative estimate of drug-likeness (QED) is 0.757. The molecule has 1 saturated heterocycles. The number of fused-ring (bicyclic) bond motifs is 2. The maximum absolute atomic E-state index is 13.8. The average molecular weight is 448 g/mol. The van der Waals surface area contributed by atoms with Crippen molar-refractivity contribution in [2.75, 3.05) is 6.54 Å². The second-order valence-corrected chi connectivity index (χ2v) is 11.5. The zero-order chi connectivity index (χ0) is 23.4. The molecule has 1 aromatic carbocycles. The second kappa shape index (κ2) is 7.86. The zero-order valence-electron chi connectivity index (χ0n) is 19.8. The number of nitrogens with zero attached hydrogens (tertiary/aromatic N) is 2. The first-order chi connectivity index (χ1) is 15.6. The number of benzene rings is 1. The van der Waals surface area contributed by atoms with Gasteiger partial charge in [-0.3, -0.25) is 14.4 Å². The van der Waals surface area contributed by atoms with Gasteiger partial charge in [-0.1, -0.05) is 51.1 Å². The fourth-order valence-electron chi connectivity index (χ4n) is 6.17. The van der Waals surface area contributed by atoms with Crippen LogP contribution >= 0.6 is 0 Å². The normalized spacial score (nSPS) is 25.7.